The number of carboxylic acid groups (broad SMARTS) is 1. The molecule has 1 unspecified atom stereocenters. The highest BCUT2D eigenvalue weighted by molar-refractivity contribution is 7.98. The normalized spacial score (nSPS) is 11.9. The molecule has 0 fully saturated rings. The van der Waals surface area contributed by atoms with Crippen molar-refractivity contribution in [2.24, 2.45) is 0 Å². The molecule has 0 bridgehead atoms. The lowest BCUT2D eigenvalue weighted by Crippen LogP contribution is -2.43. The van der Waals surface area contributed by atoms with Gasteiger partial charge in [-0.25, -0.2) is 4.79 Å². The molecule has 0 saturated heterocycles. The Hall–Kier alpha value is -0.910. The van der Waals surface area contributed by atoms with Gasteiger partial charge in [0.15, 0.2) is 0 Å². The van der Waals surface area contributed by atoms with E-state index in [9.17, 15) is 9.59 Å². The Morgan fingerprint density at radius 3 is 2.65 bits per heavy atom. The maximum Gasteiger partial charge on any atom is 0.315 e. The summed E-state index contributed by atoms with van der Waals surface area (Å²) in [7, 11) is 0. The Kier molecular flexibility index (Phi) is 9.71. The van der Waals surface area contributed by atoms with E-state index in [1.165, 1.54) is 0 Å². The van der Waals surface area contributed by atoms with Crippen LogP contribution >= 0.6 is 11.8 Å². The summed E-state index contributed by atoms with van der Waals surface area (Å²) < 4.78 is 0. The number of carbonyl (C=O) groups is 2. The second-order valence-corrected chi connectivity index (χ2v) is 4.82. The molecule has 5 nitrogen and oxygen atoms in total. The number of thioether (sulfide) groups is 1. The van der Waals surface area contributed by atoms with Crippen LogP contribution in [0, 0.1) is 0 Å². The molecule has 0 spiro atoms. The number of hydrogen-bond acceptors (Lipinski definition) is 3. The summed E-state index contributed by atoms with van der Waals surface area (Å²) in [5.41, 5.74) is 0. The Balaban J connectivity index is 3.82. The van der Waals surface area contributed by atoms with Gasteiger partial charge in [0.25, 0.3) is 0 Å². The lowest BCUT2D eigenvalue weighted by atomic mass is 10.1. The first-order chi connectivity index (χ1) is 8.10. The third-order valence-corrected chi connectivity index (χ3v) is 2.90. The topological polar surface area (TPSA) is 78.4 Å². The minimum absolute atomic E-state index is 0.0218. The van der Waals surface area contributed by atoms with Crippen LogP contribution in [0.4, 0.5) is 4.79 Å². The SMILES string of the molecule is CCCC(CC(=O)O)NC(=O)NCCCSC. The molecule has 6 heteroatoms. The van der Waals surface area contributed by atoms with E-state index in [-0.39, 0.29) is 18.5 Å². The number of nitrogens with one attached hydrogen (secondary N) is 2. The van der Waals surface area contributed by atoms with Crippen molar-refractivity contribution in [3.05, 3.63) is 0 Å². The van der Waals surface area contributed by atoms with Gasteiger partial charge < -0.3 is 15.7 Å². The van der Waals surface area contributed by atoms with Gasteiger partial charge in [-0.05, 0) is 24.9 Å². The summed E-state index contributed by atoms with van der Waals surface area (Å²) in [6.07, 6.45) is 4.46. The van der Waals surface area contributed by atoms with E-state index in [1.807, 2.05) is 13.2 Å². The number of aliphatic carboxylic acids is 1. The zero-order chi connectivity index (χ0) is 13.1. The van der Waals surface area contributed by atoms with Gasteiger partial charge in [-0.15, -0.1) is 0 Å². The van der Waals surface area contributed by atoms with Crippen LogP contribution < -0.4 is 10.6 Å². The molecule has 17 heavy (non-hydrogen) atoms. The molecule has 0 radical (unpaired) electrons. The fourth-order valence-electron chi connectivity index (χ4n) is 1.44. The molecule has 0 aromatic carbocycles. The van der Waals surface area contributed by atoms with Crippen LogP contribution in [0.2, 0.25) is 0 Å². The van der Waals surface area contributed by atoms with Gasteiger partial charge in [0.1, 0.15) is 0 Å². The van der Waals surface area contributed by atoms with Crippen molar-refractivity contribution < 1.29 is 14.7 Å². The van der Waals surface area contributed by atoms with Crippen LogP contribution in [0.5, 0.6) is 0 Å². The number of carboxylic acids is 1. The van der Waals surface area contributed by atoms with Crippen molar-refractivity contribution in [3.63, 3.8) is 0 Å². The summed E-state index contributed by atoms with van der Waals surface area (Å²) in [5, 5.41) is 14.1. The molecule has 3 N–H and O–H groups in total. The summed E-state index contributed by atoms with van der Waals surface area (Å²) in [6, 6.07) is -0.552. The Labute approximate surface area is 107 Å². The average Bonchev–Trinajstić information content (AvgIpc) is 2.24. The van der Waals surface area contributed by atoms with E-state index in [1.54, 1.807) is 11.8 Å². The third kappa shape index (κ3) is 9.99. The van der Waals surface area contributed by atoms with E-state index in [0.29, 0.717) is 13.0 Å². The second-order valence-electron chi connectivity index (χ2n) is 3.83. The van der Waals surface area contributed by atoms with Crippen LogP contribution in [0.15, 0.2) is 0 Å². The number of rotatable bonds is 9. The van der Waals surface area contributed by atoms with Gasteiger partial charge in [0, 0.05) is 12.6 Å². The van der Waals surface area contributed by atoms with Crippen molar-refractivity contribution in [1.29, 1.82) is 0 Å². The fourth-order valence-corrected chi connectivity index (χ4v) is 1.87. The van der Waals surface area contributed by atoms with E-state index in [2.05, 4.69) is 10.6 Å². The number of urea groups is 1. The first kappa shape index (κ1) is 16.1. The molecule has 2 amide bonds. The lowest BCUT2D eigenvalue weighted by Gasteiger charge is -2.16. The first-order valence-corrected chi connectivity index (χ1v) is 7.24. The molecule has 1 atom stereocenters. The van der Waals surface area contributed by atoms with Crippen molar-refractivity contribution in [3.8, 4) is 0 Å². The van der Waals surface area contributed by atoms with E-state index >= 15 is 0 Å². The monoisotopic (exact) mass is 262 g/mol. The summed E-state index contributed by atoms with van der Waals surface area (Å²) >= 11 is 1.73. The van der Waals surface area contributed by atoms with E-state index in [0.717, 1.165) is 18.6 Å². The standard InChI is InChI=1S/C11H22N2O3S/c1-3-5-9(8-10(14)15)13-11(16)12-6-4-7-17-2/h9H,3-8H2,1-2H3,(H,14,15)(H2,12,13,16). The van der Waals surface area contributed by atoms with Gasteiger partial charge in [-0.2, -0.15) is 11.8 Å². The van der Waals surface area contributed by atoms with Crippen molar-refractivity contribution in [1.82, 2.24) is 10.6 Å². The van der Waals surface area contributed by atoms with Crippen LogP contribution in [0.25, 0.3) is 0 Å². The zero-order valence-electron chi connectivity index (χ0n) is 10.5. The van der Waals surface area contributed by atoms with E-state index in [4.69, 9.17) is 5.11 Å². The van der Waals surface area contributed by atoms with E-state index < -0.39 is 5.97 Å². The lowest BCUT2D eigenvalue weighted by molar-refractivity contribution is -0.137. The minimum atomic E-state index is -0.883. The Bertz CT molecular complexity index is 237. The van der Waals surface area contributed by atoms with Crippen LogP contribution in [-0.4, -0.2) is 41.7 Å². The number of carbonyl (C=O) groups excluding carboxylic acids is 1. The third-order valence-electron chi connectivity index (χ3n) is 2.20. The van der Waals surface area contributed by atoms with Crippen molar-refractivity contribution >= 4 is 23.8 Å². The predicted molar refractivity (Wildman–Crippen MR) is 70.5 cm³/mol. The van der Waals surface area contributed by atoms with Gasteiger partial charge in [-0.3, -0.25) is 4.79 Å². The molecule has 100 valence electrons. The van der Waals surface area contributed by atoms with Crippen LogP contribution in [0.3, 0.4) is 0 Å². The predicted octanol–water partition coefficient (Wildman–Crippen LogP) is 1.68. The highest BCUT2D eigenvalue weighted by Gasteiger charge is 2.14. The maximum atomic E-state index is 11.5. The first-order valence-electron chi connectivity index (χ1n) is 5.85. The van der Waals surface area contributed by atoms with Gasteiger partial charge >= 0.3 is 12.0 Å². The zero-order valence-corrected chi connectivity index (χ0v) is 11.3. The van der Waals surface area contributed by atoms with Crippen molar-refractivity contribution in [2.75, 3.05) is 18.6 Å². The Morgan fingerprint density at radius 1 is 1.41 bits per heavy atom. The fraction of sp³-hybridized carbons (Fsp3) is 0.818. The maximum absolute atomic E-state index is 11.5. The van der Waals surface area contributed by atoms with Gasteiger partial charge in [-0.1, -0.05) is 13.3 Å². The van der Waals surface area contributed by atoms with Gasteiger partial charge in [0.05, 0.1) is 6.42 Å². The minimum Gasteiger partial charge on any atom is -0.481 e. The van der Waals surface area contributed by atoms with Crippen LogP contribution in [0.1, 0.15) is 32.6 Å². The average molecular weight is 262 g/mol. The van der Waals surface area contributed by atoms with Gasteiger partial charge in [0.2, 0.25) is 0 Å². The molecule has 0 aliphatic carbocycles. The molecule has 0 aliphatic heterocycles. The van der Waals surface area contributed by atoms with Crippen LogP contribution in [-0.2, 0) is 4.79 Å². The summed E-state index contributed by atoms with van der Waals surface area (Å²) in [5.74, 6) is 0.125. The highest BCUT2D eigenvalue weighted by Crippen LogP contribution is 2.01. The number of amides is 2. The molecule has 0 aromatic rings. The summed E-state index contributed by atoms with van der Waals surface area (Å²) in [4.78, 5) is 22.0. The molecular formula is C11H22N2O3S. The molecule has 0 rings (SSSR count). The molecule has 0 saturated carbocycles. The second kappa shape index (κ2) is 10.3. The quantitative estimate of drug-likeness (QED) is 0.552. The van der Waals surface area contributed by atoms with Crippen molar-refractivity contribution in [2.45, 2.75) is 38.6 Å². The molecule has 0 heterocycles. The summed E-state index contributed by atoms with van der Waals surface area (Å²) in [6.45, 7) is 2.59. The molecule has 0 aromatic heterocycles. The number of hydrogen-bond donors (Lipinski definition) is 3. The smallest absolute Gasteiger partial charge is 0.315 e. The largest absolute Gasteiger partial charge is 0.481 e. The Morgan fingerprint density at radius 2 is 2.12 bits per heavy atom. The molecule has 0 aliphatic rings. The highest BCUT2D eigenvalue weighted by atomic mass is 32.2. The molecular weight excluding hydrogens is 240 g/mol.